The molecule has 0 saturated heterocycles. The molecular formula is C11H18N2O2. The van der Waals surface area contributed by atoms with Gasteiger partial charge in [-0.05, 0) is 12.8 Å². The normalized spacial score (nSPS) is 18.5. The molecular weight excluding hydrogens is 192 g/mol. The van der Waals surface area contributed by atoms with Crippen LogP contribution in [0.25, 0.3) is 0 Å². The molecule has 1 aliphatic rings. The molecule has 1 rings (SSSR count). The van der Waals surface area contributed by atoms with Gasteiger partial charge in [0.2, 0.25) is 5.91 Å². The molecule has 0 aliphatic heterocycles. The molecule has 0 spiro atoms. The predicted molar refractivity (Wildman–Crippen MR) is 56.0 cm³/mol. The maximum atomic E-state index is 12.1. The molecule has 0 bridgehead atoms. The zero-order valence-corrected chi connectivity index (χ0v) is 9.45. The summed E-state index contributed by atoms with van der Waals surface area (Å²) in [6.07, 6.45) is 3.38. The minimum atomic E-state index is -0.748. The van der Waals surface area contributed by atoms with E-state index in [1.54, 1.807) is 19.1 Å². The molecule has 0 radical (unpaired) electrons. The van der Waals surface area contributed by atoms with Crippen LogP contribution in [0.4, 0.5) is 0 Å². The van der Waals surface area contributed by atoms with Crippen LogP contribution in [0.5, 0.6) is 0 Å². The lowest BCUT2D eigenvalue weighted by Gasteiger charge is -2.26. The van der Waals surface area contributed by atoms with Gasteiger partial charge < -0.3 is 9.64 Å². The SMILES string of the molecule is COCCN(C)C(=O)C1(C#N)CCCC1. The average molecular weight is 210 g/mol. The van der Waals surface area contributed by atoms with Crippen molar-refractivity contribution in [3.8, 4) is 6.07 Å². The van der Waals surface area contributed by atoms with Gasteiger partial charge in [-0.15, -0.1) is 0 Å². The van der Waals surface area contributed by atoms with Gasteiger partial charge in [0.25, 0.3) is 0 Å². The molecule has 0 aromatic rings. The number of likely N-dealkylation sites (N-methyl/N-ethyl adjacent to an activating group) is 1. The van der Waals surface area contributed by atoms with Gasteiger partial charge in [-0.2, -0.15) is 5.26 Å². The molecule has 15 heavy (non-hydrogen) atoms. The molecule has 4 nitrogen and oxygen atoms in total. The quantitative estimate of drug-likeness (QED) is 0.700. The van der Waals surface area contributed by atoms with E-state index in [9.17, 15) is 4.79 Å². The fourth-order valence-electron chi connectivity index (χ4n) is 2.05. The molecule has 0 N–H and O–H groups in total. The highest BCUT2D eigenvalue weighted by Crippen LogP contribution is 2.38. The molecule has 4 heteroatoms. The van der Waals surface area contributed by atoms with Gasteiger partial charge >= 0.3 is 0 Å². The molecule has 0 aromatic heterocycles. The number of rotatable bonds is 4. The lowest BCUT2D eigenvalue weighted by molar-refractivity contribution is -0.138. The van der Waals surface area contributed by atoms with Crippen LogP contribution in [0.1, 0.15) is 25.7 Å². The van der Waals surface area contributed by atoms with Crippen molar-refractivity contribution in [3.63, 3.8) is 0 Å². The second-order valence-electron chi connectivity index (χ2n) is 4.12. The number of nitriles is 1. The van der Waals surface area contributed by atoms with Gasteiger partial charge in [-0.1, -0.05) is 12.8 Å². The summed E-state index contributed by atoms with van der Waals surface area (Å²) in [6.45, 7) is 1.07. The Labute approximate surface area is 90.8 Å². The first-order valence-corrected chi connectivity index (χ1v) is 5.32. The van der Waals surface area contributed by atoms with Gasteiger partial charge in [0.15, 0.2) is 0 Å². The third kappa shape index (κ3) is 2.48. The standard InChI is InChI=1S/C11H18N2O2/c1-13(7-8-15-2)10(14)11(9-12)5-3-4-6-11/h3-8H2,1-2H3. The van der Waals surface area contributed by atoms with Crippen molar-refractivity contribution in [2.24, 2.45) is 5.41 Å². The number of carbonyl (C=O) groups excluding carboxylic acids is 1. The van der Waals surface area contributed by atoms with Gasteiger partial charge in [-0.3, -0.25) is 4.79 Å². The van der Waals surface area contributed by atoms with E-state index >= 15 is 0 Å². The maximum Gasteiger partial charge on any atom is 0.242 e. The highest BCUT2D eigenvalue weighted by atomic mass is 16.5. The number of amides is 1. The molecule has 84 valence electrons. The third-order valence-electron chi connectivity index (χ3n) is 3.06. The summed E-state index contributed by atoms with van der Waals surface area (Å²) in [6, 6.07) is 2.20. The summed E-state index contributed by atoms with van der Waals surface area (Å²) < 4.78 is 4.92. The summed E-state index contributed by atoms with van der Waals surface area (Å²) in [5.41, 5.74) is -0.748. The largest absolute Gasteiger partial charge is 0.383 e. The van der Waals surface area contributed by atoms with Crippen molar-refractivity contribution >= 4 is 5.91 Å². The van der Waals surface area contributed by atoms with Crippen LogP contribution < -0.4 is 0 Å². The second kappa shape index (κ2) is 5.13. The first-order chi connectivity index (χ1) is 7.16. The molecule has 0 heterocycles. The Kier molecular flexibility index (Phi) is 4.10. The van der Waals surface area contributed by atoms with Crippen molar-refractivity contribution in [1.29, 1.82) is 5.26 Å². The smallest absolute Gasteiger partial charge is 0.242 e. The molecule has 1 saturated carbocycles. The van der Waals surface area contributed by atoms with Crippen LogP contribution in [0.3, 0.4) is 0 Å². The van der Waals surface area contributed by atoms with Crippen molar-refractivity contribution in [2.45, 2.75) is 25.7 Å². The van der Waals surface area contributed by atoms with Crippen LogP contribution in [0.2, 0.25) is 0 Å². The zero-order valence-electron chi connectivity index (χ0n) is 9.45. The van der Waals surface area contributed by atoms with Crippen molar-refractivity contribution < 1.29 is 9.53 Å². The maximum absolute atomic E-state index is 12.1. The number of ether oxygens (including phenoxy) is 1. The highest BCUT2D eigenvalue weighted by Gasteiger charge is 2.42. The van der Waals surface area contributed by atoms with Crippen LogP contribution in [0.15, 0.2) is 0 Å². The summed E-state index contributed by atoms with van der Waals surface area (Å²) in [5.74, 6) is -0.0421. The van der Waals surface area contributed by atoms with Crippen LogP contribution in [-0.4, -0.2) is 38.1 Å². The van der Waals surface area contributed by atoms with Crippen molar-refractivity contribution in [1.82, 2.24) is 4.90 Å². The fourth-order valence-corrected chi connectivity index (χ4v) is 2.05. The monoisotopic (exact) mass is 210 g/mol. The van der Waals surface area contributed by atoms with Crippen molar-refractivity contribution in [2.75, 3.05) is 27.3 Å². The zero-order chi connectivity index (χ0) is 11.3. The minimum absolute atomic E-state index is 0.0421. The topological polar surface area (TPSA) is 53.3 Å². The fraction of sp³-hybridized carbons (Fsp3) is 0.818. The Bertz CT molecular complexity index is 264. The van der Waals surface area contributed by atoms with Gasteiger partial charge in [0.05, 0.1) is 12.7 Å². The average Bonchev–Trinajstić information content (AvgIpc) is 2.74. The molecule has 0 atom stereocenters. The Hall–Kier alpha value is -1.08. The Morgan fingerprint density at radius 3 is 2.60 bits per heavy atom. The van der Waals surface area contributed by atoms with Crippen LogP contribution in [0, 0.1) is 16.7 Å². The summed E-state index contributed by atoms with van der Waals surface area (Å²) in [4.78, 5) is 13.7. The van der Waals surface area contributed by atoms with E-state index < -0.39 is 5.41 Å². The van der Waals surface area contributed by atoms with Gasteiger partial charge in [0.1, 0.15) is 5.41 Å². The van der Waals surface area contributed by atoms with E-state index in [4.69, 9.17) is 10.00 Å². The second-order valence-corrected chi connectivity index (χ2v) is 4.12. The number of methoxy groups -OCH3 is 1. The van der Waals surface area contributed by atoms with Gasteiger partial charge in [0, 0.05) is 20.7 Å². The number of hydrogen-bond acceptors (Lipinski definition) is 3. The van der Waals surface area contributed by atoms with E-state index in [-0.39, 0.29) is 5.91 Å². The highest BCUT2D eigenvalue weighted by molar-refractivity contribution is 5.85. The molecule has 1 amide bonds. The molecule has 1 fully saturated rings. The lowest BCUT2D eigenvalue weighted by Crippen LogP contribution is -2.41. The third-order valence-corrected chi connectivity index (χ3v) is 3.06. The van der Waals surface area contributed by atoms with Crippen LogP contribution in [-0.2, 0) is 9.53 Å². The number of nitrogens with zero attached hydrogens (tertiary/aromatic N) is 2. The minimum Gasteiger partial charge on any atom is -0.383 e. The summed E-state index contributed by atoms with van der Waals surface area (Å²) in [5, 5.41) is 9.13. The summed E-state index contributed by atoms with van der Waals surface area (Å²) >= 11 is 0. The Balaban J connectivity index is 2.61. The van der Waals surface area contributed by atoms with Crippen LogP contribution >= 0.6 is 0 Å². The van der Waals surface area contributed by atoms with E-state index in [1.165, 1.54) is 0 Å². The Morgan fingerprint density at radius 2 is 2.13 bits per heavy atom. The first-order valence-electron chi connectivity index (χ1n) is 5.32. The molecule has 1 aliphatic carbocycles. The first kappa shape index (κ1) is 12.0. The van der Waals surface area contributed by atoms with Gasteiger partial charge in [-0.25, -0.2) is 0 Å². The number of carbonyl (C=O) groups is 1. The number of hydrogen-bond donors (Lipinski definition) is 0. The van der Waals surface area contributed by atoms with Crippen molar-refractivity contribution in [3.05, 3.63) is 0 Å². The van der Waals surface area contributed by atoms with E-state index in [0.29, 0.717) is 26.0 Å². The van der Waals surface area contributed by atoms with E-state index in [1.807, 2.05) is 0 Å². The lowest BCUT2D eigenvalue weighted by atomic mass is 9.86. The summed E-state index contributed by atoms with van der Waals surface area (Å²) in [7, 11) is 3.34. The van der Waals surface area contributed by atoms with E-state index in [0.717, 1.165) is 12.8 Å². The predicted octanol–water partition coefficient (Wildman–Crippen LogP) is 1.18. The molecule has 0 aromatic carbocycles. The molecule has 0 unspecified atom stereocenters. The Morgan fingerprint density at radius 1 is 1.53 bits per heavy atom. The van der Waals surface area contributed by atoms with E-state index in [2.05, 4.69) is 6.07 Å².